The average molecular weight is 538 g/mol. The Morgan fingerprint density at radius 2 is 1.70 bits per heavy atom. The van der Waals surface area contributed by atoms with Crippen molar-refractivity contribution in [2.75, 3.05) is 40.4 Å². The highest BCUT2D eigenvalue weighted by atomic mass is 35.5. The molecule has 2 aromatic carbocycles. The van der Waals surface area contributed by atoms with Crippen molar-refractivity contribution in [2.45, 2.75) is 13.1 Å². The topological polar surface area (TPSA) is 75.0 Å². The average Bonchev–Trinajstić information content (AvgIpc) is 3.40. The van der Waals surface area contributed by atoms with Crippen molar-refractivity contribution in [3.8, 4) is 22.4 Å². The molecule has 0 bridgehead atoms. The van der Waals surface area contributed by atoms with Crippen LogP contribution in [0.15, 0.2) is 54.6 Å². The van der Waals surface area contributed by atoms with E-state index in [9.17, 15) is 14.7 Å². The monoisotopic (exact) mass is 537 g/mol. The minimum absolute atomic E-state index is 0.0195. The number of nitrogens with zero attached hydrogens (tertiary/aromatic N) is 3. The highest BCUT2D eigenvalue weighted by molar-refractivity contribution is 7.21. The van der Waals surface area contributed by atoms with Crippen molar-refractivity contribution >= 4 is 45.0 Å². The zero-order valence-electron chi connectivity index (χ0n) is 20.7. The number of halogens is 1. The van der Waals surface area contributed by atoms with Crippen LogP contribution in [0, 0.1) is 0 Å². The van der Waals surface area contributed by atoms with E-state index in [1.165, 1.54) is 11.3 Å². The number of aromatic nitrogens is 1. The van der Waals surface area contributed by atoms with E-state index in [2.05, 4.69) is 0 Å². The van der Waals surface area contributed by atoms with Gasteiger partial charge in [0.2, 0.25) is 5.91 Å². The number of thiophene rings is 1. The van der Waals surface area contributed by atoms with Gasteiger partial charge in [0, 0.05) is 35.8 Å². The minimum Gasteiger partial charge on any atom is -0.477 e. The van der Waals surface area contributed by atoms with Crippen molar-refractivity contribution in [2.24, 2.45) is 0 Å². The fourth-order valence-electron chi connectivity index (χ4n) is 4.89. The largest absolute Gasteiger partial charge is 0.477 e. The first kappa shape index (κ1) is 25.5. The molecule has 0 spiro atoms. The molecule has 0 aliphatic carbocycles. The van der Waals surface area contributed by atoms with Crippen LogP contribution in [-0.4, -0.2) is 71.7 Å². The summed E-state index contributed by atoms with van der Waals surface area (Å²) in [4.78, 5) is 30.0. The summed E-state index contributed by atoms with van der Waals surface area (Å²) in [5.41, 5.74) is 5.18. The molecule has 0 radical (unpaired) electrons. The number of amides is 1. The molecule has 192 valence electrons. The third kappa shape index (κ3) is 5.02. The molecule has 0 unspecified atom stereocenters. The standard InChI is InChI=1S/C28H28ClN3O4S/c1-30(2)16-21-25-27(37-26(21)28(34)35)23(18-6-4-3-5-7-18)24(19-8-10-20(29)11-9-19)32(25)17-22(33)31-12-14-36-15-13-31/h3-11H,12-17H2,1-2H3,(H,34,35). The third-order valence-electron chi connectivity index (χ3n) is 6.49. The third-order valence-corrected chi connectivity index (χ3v) is 7.97. The Bertz CT molecular complexity index is 1440. The zero-order valence-corrected chi connectivity index (χ0v) is 22.3. The van der Waals surface area contributed by atoms with E-state index in [0.29, 0.717) is 48.3 Å². The molecule has 7 nitrogen and oxygen atoms in total. The first-order chi connectivity index (χ1) is 17.8. The number of ether oxygens (including phenoxy) is 1. The van der Waals surface area contributed by atoms with Crippen LogP contribution < -0.4 is 0 Å². The minimum atomic E-state index is -0.962. The summed E-state index contributed by atoms with van der Waals surface area (Å²) < 4.78 is 8.32. The Balaban J connectivity index is 1.83. The molecule has 1 aliphatic rings. The summed E-state index contributed by atoms with van der Waals surface area (Å²) in [5, 5.41) is 10.8. The number of benzene rings is 2. The molecule has 37 heavy (non-hydrogen) atoms. The lowest BCUT2D eigenvalue weighted by Crippen LogP contribution is -2.42. The van der Waals surface area contributed by atoms with Crippen molar-refractivity contribution in [1.82, 2.24) is 14.4 Å². The van der Waals surface area contributed by atoms with Gasteiger partial charge in [-0.25, -0.2) is 4.79 Å². The van der Waals surface area contributed by atoms with E-state index in [0.717, 1.165) is 32.6 Å². The Hall–Kier alpha value is -3.17. The maximum atomic E-state index is 13.6. The van der Waals surface area contributed by atoms with E-state index >= 15 is 0 Å². The van der Waals surface area contributed by atoms with Gasteiger partial charge in [-0.05, 0) is 37.4 Å². The van der Waals surface area contributed by atoms with Crippen LogP contribution in [-0.2, 0) is 22.6 Å². The maximum absolute atomic E-state index is 13.6. The van der Waals surface area contributed by atoms with Gasteiger partial charge in [-0.2, -0.15) is 0 Å². The molecule has 3 heterocycles. The summed E-state index contributed by atoms with van der Waals surface area (Å²) in [6.45, 7) is 2.64. The number of hydrogen-bond donors (Lipinski definition) is 1. The quantitative estimate of drug-likeness (QED) is 0.346. The number of hydrogen-bond acceptors (Lipinski definition) is 5. The molecule has 2 aromatic heterocycles. The number of carboxylic acids is 1. The fraction of sp³-hybridized carbons (Fsp3) is 0.286. The van der Waals surface area contributed by atoms with Gasteiger partial charge in [0.25, 0.3) is 0 Å². The van der Waals surface area contributed by atoms with E-state index in [-0.39, 0.29) is 12.5 Å². The van der Waals surface area contributed by atoms with E-state index in [1.807, 2.05) is 83.1 Å². The summed E-state index contributed by atoms with van der Waals surface area (Å²) in [6.07, 6.45) is 0. The lowest BCUT2D eigenvalue weighted by molar-refractivity contribution is -0.135. The van der Waals surface area contributed by atoms with E-state index in [4.69, 9.17) is 16.3 Å². The van der Waals surface area contributed by atoms with Gasteiger partial charge in [-0.15, -0.1) is 11.3 Å². The maximum Gasteiger partial charge on any atom is 0.346 e. The molecule has 1 N–H and O–H groups in total. The van der Waals surface area contributed by atoms with Gasteiger partial charge in [-0.1, -0.05) is 54.1 Å². The summed E-state index contributed by atoms with van der Waals surface area (Å²) in [7, 11) is 3.83. The molecule has 1 aliphatic heterocycles. The molecule has 1 saturated heterocycles. The Kier molecular flexibility index (Phi) is 7.35. The van der Waals surface area contributed by atoms with Crippen LogP contribution in [0.2, 0.25) is 5.02 Å². The summed E-state index contributed by atoms with van der Waals surface area (Å²) >= 11 is 7.50. The number of carbonyl (C=O) groups is 2. The summed E-state index contributed by atoms with van der Waals surface area (Å²) in [6, 6.07) is 17.5. The number of fused-ring (bicyclic) bond motifs is 1. The van der Waals surface area contributed by atoms with E-state index in [1.54, 1.807) is 0 Å². The van der Waals surface area contributed by atoms with Gasteiger partial charge < -0.3 is 24.2 Å². The number of morpholine rings is 1. The Morgan fingerprint density at radius 1 is 1.03 bits per heavy atom. The smallest absolute Gasteiger partial charge is 0.346 e. The second-order valence-electron chi connectivity index (χ2n) is 9.31. The van der Waals surface area contributed by atoms with Crippen molar-refractivity contribution in [3.05, 3.63) is 70.1 Å². The van der Waals surface area contributed by atoms with Gasteiger partial charge in [-0.3, -0.25) is 4.79 Å². The molecule has 5 rings (SSSR count). The number of carbonyl (C=O) groups excluding carboxylic acids is 1. The van der Waals surface area contributed by atoms with Gasteiger partial charge in [0.1, 0.15) is 11.4 Å². The Labute approximate surface area is 224 Å². The number of carboxylic acid groups (broad SMARTS) is 1. The molecule has 1 fully saturated rings. The van der Waals surface area contributed by atoms with E-state index < -0.39 is 5.97 Å². The van der Waals surface area contributed by atoms with Crippen molar-refractivity contribution < 1.29 is 19.4 Å². The van der Waals surface area contributed by atoms with Crippen LogP contribution in [0.1, 0.15) is 15.2 Å². The first-order valence-electron chi connectivity index (χ1n) is 12.1. The molecular weight excluding hydrogens is 510 g/mol. The highest BCUT2D eigenvalue weighted by Gasteiger charge is 2.30. The predicted octanol–water partition coefficient (Wildman–Crippen LogP) is 5.31. The van der Waals surface area contributed by atoms with Gasteiger partial charge in [0.15, 0.2) is 0 Å². The van der Waals surface area contributed by atoms with Crippen LogP contribution in [0.3, 0.4) is 0 Å². The predicted molar refractivity (Wildman–Crippen MR) is 147 cm³/mol. The van der Waals surface area contributed by atoms with Gasteiger partial charge in [0.05, 0.1) is 29.1 Å². The number of rotatable bonds is 7. The molecule has 0 saturated carbocycles. The second-order valence-corrected chi connectivity index (χ2v) is 10.8. The number of aromatic carboxylic acids is 1. The van der Waals surface area contributed by atoms with Crippen molar-refractivity contribution in [3.63, 3.8) is 0 Å². The van der Waals surface area contributed by atoms with Crippen molar-refractivity contribution in [1.29, 1.82) is 0 Å². The lowest BCUT2D eigenvalue weighted by atomic mass is 10.0. The molecule has 0 atom stereocenters. The van der Waals surface area contributed by atoms with Crippen LogP contribution >= 0.6 is 22.9 Å². The highest BCUT2D eigenvalue weighted by Crippen LogP contribution is 2.47. The Morgan fingerprint density at radius 3 is 2.32 bits per heavy atom. The fourth-order valence-corrected chi connectivity index (χ4v) is 6.24. The molecule has 1 amide bonds. The molecule has 4 aromatic rings. The lowest BCUT2D eigenvalue weighted by Gasteiger charge is -2.27. The van der Waals surface area contributed by atoms with Crippen LogP contribution in [0.4, 0.5) is 0 Å². The normalized spacial score (nSPS) is 14.0. The SMILES string of the molecule is CN(C)Cc1c(C(=O)O)sc2c(-c3ccccc3)c(-c3ccc(Cl)cc3)n(CC(=O)N3CCOCC3)c12. The zero-order chi connectivity index (χ0) is 26.1. The second kappa shape index (κ2) is 10.7. The van der Waals surface area contributed by atoms with Crippen LogP contribution in [0.25, 0.3) is 32.6 Å². The molecular formula is C28H28ClN3O4S. The van der Waals surface area contributed by atoms with Gasteiger partial charge >= 0.3 is 5.97 Å². The molecule has 9 heteroatoms. The van der Waals surface area contributed by atoms with Crippen LogP contribution in [0.5, 0.6) is 0 Å². The first-order valence-corrected chi connectivity index (χ1v) is 13.3. The summed E-state index contributed by atoms with van der Waals surface area (Å²) in [5.74, 6) is -0.981.